The van der Waals surface area contributed by atoms with Crippen molar-refractivity contribution in [2.45, 2.75) is 19.9 Å². The van der Waals surface area contributed by atoms with E-state index in [-0.39, 0.29) is 17.6 Å². The molecule has 0 aromatic heterocycles. The van der Waals surface area contributed by atoms with Crippen molar-refractivity contribution in [1.29, 1.82) is 0 Å². The van der Waals surface area contributed by atoms with Crippen LogP contribution in [0.15, 0.2) is 24.3 Å². The molecule has 1 aromatic rings. The molecule has 1 aromatic carbocycles. The molecule has 2 rings (SSSR count). The molecular weight excluding hydrogens is 298 g/mol. The maximum atomic E-state index is 12.2. The Morgan fingerprint density at radius 2 is 1.91 bits per heavy atom. The molecule has 7 heteroatoms. The molecule has 0 saturated carbocycles. The summed E-state index contributed by atoms with van der Waals surface area (Å²) >= 11 is 0. The molecule has 1 fully saturated rings. The third-order valence-electron chi connectivity index (χ3n) is 4.10. The van der Waals surface area contributed by atoms with Gasteiger partial charge < -0.3 is 10.1 Å². The van der Waals surface area contributed by atoms with Crippen molar-refractivity contribution in [3.05, 3.63) is 39.9 Å². The topological polar surface area (TPSA) is 84.7 Å². The van der Waals surface area contributed by atoms with Crippen molar-refractivity contribution in [2.24, 2.45) is 5.92 Å². The summed E-state index contributed by atoms with van der Waals surface area (Å²) in [6.07, 6.45) is 0. The number of nitro benzene ring substituents is 1. The van der Waals surface area contributed by atoms with Gasteiger partial charge in [0.05, 0.1) is 18.1 Å². The summed E-state index contributed by atoms with van der Waals surface area (Å²) in [6.45, 7) is 8.01. The van der Waals surface area contributed by atoms with E-state index in [0.717, 1.165) is 26.3 Å². The molecule has 1 heterocycles. The minimum atomic E-state index is -0.477. The van der Waals surface area contributed by atoms with Crippen molar-refractivity contribution in [3.8, 4) is 0 Å². The van der Waals surface area contributed by atoms with Crippen LogP contribution in [-0.4, -0.2) is 54.6 Å². The summed E-state index contributed by atoms with van der Waals surface area (Å²) in [4.78, 5) is 24.7. The van der Waals surface area contributed by atoms with Gasteiger partial charge in [-0.25, -0.2) is 0 Å². The van der Waals surface area contributed by atoms with Crippen LogP contribution in [0.2, 0.25) is 0 Å². The van der Waals surface area contributed by atoms with E-state index in [4.69, 9.17) is 4.74 Å². The molecule has 0 unspecified atom stereocenters. The molecule has 126 valence electrons. The second kappa shape index (κ2) is 8.03. The fourth-order valence-electron chi connectivity index (χ4n) is 2.73. The number of rotatable bonds is 6. The van der Waals surface area contributed by atoms with Crippen LogP contribution in [0.1, 0.15) is 24.2 Å². The molecule has 1 atom stereocenters. The number of nitrogens with one attached hydrogen (secondary N) is 1. The minimum Gasteiger partial charge on any atom is -0.379 e. The van der Waals surface area contributed by atoms with Crippen molar-refractivity contribution >= 4 is 11.6 Å². The van der Waals surface area contributed by atoms with Crippen LogP contribution in [0.25, 0.3) is 0 Å². The van der Waals surface area contributed by atoms with Crippen LogP contribution in [0, 0.1) is 16.0 Å². The van der Waals surface area contributed by atoms with E-state index in [1.165, 1.54) is 24.3 Å². The van der Waals surface area contributed by atoms with E-state index in [9.17, 15) is 14.9 Å². The zero-order valence-electron chi connectivity index (χ0n) is 13.5. The molecule has 0 spiro atoms. The fraction of sp³-hybridized carbons (Fsp3) is 0.562. The molecule has 1 amide bonds. The van der Waals surface area contributed by atoms with Gasteiger partial charge in [0.1, 0.15) is 0 Å². The average Bonchev–Trinajstić information content (AvgIpc) is 2.55. The largest absolute Gasteiger partial charge is 0.379 e. The predicted octanol–water partition coefficient (Wildman–Crippen LogP) is 1.68. The monoisotopic (exact) mass is 321 g/mol. The lowest BCUT2D eigenvalue weighted by molar-refractivity contribution is -0.384. The molecule has 1 N–H and O–H groups in total. The van der Waals surface area contributed by atoms with Crippen LogP contribution in [0.4, 0.5) is 5.69 Å². The number of morpholine rings is 1. The summed E-state index contributed by atoms with van der Waals surface area (Å²) in [5, 5.41) is 13.6. The Labute approximate surface area is 135 Å². The normalized spacial score (nSPS) is 17.0. The zero-order valence-corrected chi connectivity index (χ0v) is 13.5. The highest BCUT2D eigenvalue weighted by molar-refractivity contribution is 5.94. The van der Waals surface area contributed by atoms with Gasteiger partial charge in [-0.05, 0) is 18.1 Å². The molecular formula is C16H23N3O4. The maximum Gasteiger partial charge on any atom is 0.269 e. The maximum absolute atomic E-state index is 12.2. The van der Waals surface area contributed by atoms with Gasteiger partial charge in [-0.2, -0.15) is 0 Å². The van der Waals surface area contributed by atoms with Gasteiger partial charge in [0.2, 0.25) is 0 Å². The highest BCUT2D eigenvalue weighted by Gasteiger charge is 2.24. The Kier molecular flexibility index (Phi) is 6.06. The van der Waals surface area contributed by atoms with E-state index in [1.807, 2.05) is 0 Å². The molecule has 23 heavy (non-hydrogen) atoms. The molecule has 0 radical (unpaired) electrons. The molecule has 0 bridgehead atoms. The summed E-state index contributed by atoms with van der Waals surface area (Å²) in [5.41, 5.74) is 0.412. The number of amides is 1. The summed E-state index contributed by atoms with van der Waals surface area (Å²) in [5.74, 6) is 0.198. The Balaban J connectivity index is 1.94. The van der Waals surface area contributed by atoms with E-state index in [0.29, 0.717) is 18.0 Å². The van der Waals surface area contributed by atoms with Gasteiger partial charge in [0, 0.05) is 43.4 Å². The first-order valence-electron chi connectivity index (χ1n) is 7.83. The van der Waals surface area contributed by atoms with E-state index < -0.39 is 4.92 Å². The zero-order chi connectivity index (χ0) is 16.8. The first-order chi connectivity index (χ1) is 11.0. The third kappa shape index (κ3) is 4.74. The first kappa shape index (κ1) is 17.4. The number of benzene rings is 1. The van der Waals surface area contributed by atoms with E-state index in [1.54, 1.807) is 0 Å². The van der Waals surface area contributed by atoms with Crippen LogP contribution in [0.3, 0.4) is 0 Å². The smallest absolute Gasteiger partial charge is 0.269 e. The highest BCUT2D eigenvalue weighted by Crippen LogP contribution is 2.14. The lowest BCUT2D eigenvalue weighted by atomic mass is 10.0. The van der Waals surface area contributed by atoms with Gasteiger partial charge in [-0.1, -0.05) is 13.8 Å². The van der Waals surface area contributed by atoms with Gasteiger partial charge in [-0.15, -0.1) is 0 Å². The molecule has 1 aliphatic heterocycles. The SMILES string of the molecule is CC(C)[C@@H](CNC(=O)c1ccc([N+](=O)[O-])cc1)N1CCOCC1. The summed E-state index contributed by atoms with van der Waals surface area (Å²) < 4.78 is 5.37. The molecule has 1 saturated heterocycles. The Hall–Kier alpha value is -1.99. The van der Waals surface area contributed by atoms with Crippen molar-refractivity contribution in [3.63, 3.8) is 0 Å². The Bertz CT molecular complexity index is 539. The van der Waals surface area contributed by atoms with Crippen LogP contribution in [-0.2, 0) is 4.74 Å². The third-order valence-corrected chi connectivity index (χ3v) is 4.10. The number of carbonyl (C=O) groups excluding carboxylic acids is 1. The Morgan fingerprint density at radius 3 is 2.43 bits per heavy atom. The number of non-ortho nitro benzene ring substituents is 1. The Morgan fingerprint density at radius 1 is 1.30 bits per heavy atom. The van der Waals surface area contributed by atoms with Gasteiger partial charge in [0.15, 0.2) is 0 Å². The lowest BCUT2D eigenvalue weighted by Crippen LogP contribution is -2.51. The van der Waals surface area contributed by atoms with E-state index >= 15 is 0 Å². The van der Waals surface area contributed by atoms with Gasteiger partial charge >= 0.3 is 0 Å². The second-order valence-corrected chi connectivity index (χ2v) is 5.97. The summed E-state index contributed by atoms with van der Waals surface area (Å²) in [6, 6.07) is 5.90. The first-order valence-corrected chi connectivity index (χ1v) is 7.83. The summed E-state index contributed by atoms with van der Waals surface area (Å²) in [7, 11) is 0. The van der Waals surface area contributed by atoms with E-state index in [2.05, 4.69) is 24.1 Å². The number of hydrogen-bond acceptors (Lipinski definition) is 5. The number of carbonyl (C=O) groups is 1. The fourth-order valence-corrected chi connectivity index (χ4v) is 2.73. The molecule has 7 nitrogen and oxygen atoms in total. The van der Waals surface area contributed by atoms with Crippen LogP contribution in [0.5, 0.6) is 0 Å². The lowest BCUT2D eigenvalue weighted by Gasteiger charge is -2.36. The van der Waals surface area contributed by atoms with Gasteiger partial charge in [0.25, 0.3) is 11.6 Å². The highest BCUT2D eigenvalue weighted by atomic mass is 16.6. The number of nitrogens with zero attached hydrogens (tertiary/aromatic N) is 2. The van der Waals surface area contributed by atoms with Crippen LogP contribution >= 0.6 is 0 Å². The van der Waals surface area contributed by atoms with Crippen molar-refractivity contribution in [1.82, 2.24) is 10.2 Å². The van der Waals surface area contributed by atoms with Crippen molar-refractivity contribution in [2.75, 3.05) is 32.8 Å². The quantitative estimate of drug-likeness (QED) is 0.636. The van der Waals surface area contributed by atoms with Crippen LogP contribution < -0.4 is 5.32 Å². The number of hydrogen-bond donors (Lipinski definition) is 1. The number of nitro groups is 1. The number of ether oxygens (including phenoxy) is 1. The van der Waals surface area contributed by atoms with Crippen molar-refractivity contribution < 1.29 is 14.5 Å². The second-order valence-electron chi connectivity index (χ2n) is 5.97. The standard InChI is InChI=1S/C16H23N3O4/c1-12(2)15(18-7-9-23-10-8-18)11-17-16(20)13-3-5-14(6-4-13)19(21)22/h3-6,12,15H,7-11H2,1-2H3,(H,17,20)/t15-/m1/s1. The molecule has 1 aliphatic rings. The van der Waals surface area contributed by atoms with Gasteiger partial charge in [-0.3, -0.25) is 19.8 Å². The molecule has 0 aliphatic carbocycles. The minimum absolute atomic E-state index is 0.0186. The predicted molar refractivity (Wildman–Crippen MR) is 86.4 cm³/mol. The average molecular weight is 321 g/mol.